The predicted molar refractivity (Wildman–Crippen MR) is 78.1 cm³/mol. The van der Waals surface area contributed by atoms with E-state index < -0.39 is 5.91 Å². The summed E-state index contributed by atoms with van der Waals surface area (Å²) >= 11 is 11.7. The normalized spacial score (nSPS) is 10.4. The molecule has 0 saturated heterocycles. The number of nitrogen functional groups attached to an aromatic ring is 1. The first-order valence-electron chi connectivity index (χ1n) is 5.62. The number of rotatable bonds is 2. The molecule has 1 amide bonds. The van der Waals surface area contributed by atoms with Crippen LogP contribution in [-0.4, -0.2) is 21.1 Å². The molecule has 0 aliphatic rings. The quantitative estimate of drug-likeness (QED) is 0.831. The number of amides is 1. The first-order valence-corrected chi connectivity index (χ1v) is 6.38. The SMILES string of the molecule is Cc1nnc(NC(=O)c2cc(N)c(Cl)c(Cl)c2)nc1C. The second-order valence-corrected chi connectivity index (χ2v) is 4.91. The number of anilines is 2. The second-order valence-electron chi connectivity index (χ2n) is 4.12. The Balaban J connectivity index is 2.26. The molecule has 6 nitrogen and oxygen atoms in total. The summed E-state index contributed by atoms with van der Waals surface area (Å²) in [5.74, 6) is -0.330. The summed E-state index contributed by atoms with van der Waals surface area (Å²) in [6.07, 6.45) is 0. The number of nitrogens with two attached hydrogens (primary N) is 1. The minimum atomic E-state index is -0.444. The van der Waals surface area contributed by atoms with Crippen molar-refractivity contribution in [3.05, 3.63) is 39.1 Å². The molecule has 1 aromatic heterocycles. The number of benzene rings is 1. The molecule has 0 atom stereocenters. The van der Waals surface area contributed by atoms with Gasteiger partial charge in [-0.2, -0.15) is 5.10 Å². The van der Waals surface area contributed by atoms with Gasteiger partial charge >= 0.3 is 0 Å². The van der Waals surface area contributed by atoms with Gasteiger partial charge in [-0.15, -0.1) is 5.10 Å². The molecule has 3 N–H and O–H groups in total. The summed E-state index contributed by atoms with van der Waals surface area (Å²) in [7, 11) is 0. The molecule has 2 aromatic rings. The minimum absolute atomic E-state index is 0.114. The van der Waals surface area contributed by atoms with E-state index in [9.17, 15) is 4.79 Å². The maximum atomic E-state index is 12.0. The lowest BCUT2D eigenvalue weighted by atomic mass is 10.2. The number of carbonyl (C=O) groups excluding carboxylic acids is 1. The number of carbonyl (C=O) groups is 1. The minimum Gasteiger partial charge on any atom is -0.397 e. The van der Waals surface area contributed by atoms with Gasteiger partial charge < -0.3 is 5.73 Å². The molecule has 0 aliphatic carbocycles. The van der Waals surface area contributed by atoms with Crippen LogP contribution in [0.2, 0.25) is 10.0 Å². The highest BCUT2D eigenvalue weighted by atomic mass is 35.5. The molecule has 2 rings (SSSR count). The molecule has 0 unspecified atom stereocenters. The third kappa shape index (κ3) is 2.97. The van der Waals surface area contributed by atoms with Crippen molar-refractivity contribution in [3.8, 4) is 0 Å². The largest absolute Gasteiger partial charge is 0.397 e. The van der Waals surface area contributed by atoms with Crippen LogP contribution in [0.3, 0.4) is 0 Å². The standard InChI is InChI=1S/C12H11Cl2N5O/c1-5-6(2)18-19-12(16-5)17-11(20)7-3-8(13)10(14)9(15)4-7/h3-4H,15H2,1-2H3,(H,16,17,19,20). The molecule has 20 heavy (non-hydrogen) atoms. The zero-order valence-electron chi connectivity index (χ0n) is 10.7. The Bertz CT molecular complexity index is 667. The highest BCUT2D eigenvalue weighted by molar-refractivity contribution is 6.43. The molecule has 0 fully saturated rings. The van der Waals surface area contributed by atoms with Crippen LogP contribution >= 0.6 is 23.2 Å². The number of halogens is 2. The van der Waals surface area contributed by atoms with E-state index in [1.165, 1.54) is 12.1 Å². The summed E-state index contributed by atoms with van der Waals surface area (Å²) in [4.78, 5) is 16.2. The fourth-order valence-corrected chi connectivity index (χ4v) is 1.76. The van der Waals surface area contributed by atoms with Crippen LogP contribution < -0.4 is 11.1 Å². The van der Waals surface area contributed by atoms with E-state index in [0.717, 1.165) is 0 Å². The third-order valence-electron chi connectivity index (χ3n) is 2.64. The van der Waals surface area contributed by atoms with Crippen molar-refractivity contribution in [2.24, 2.45) is 0 Å². The summed E-state index contributed by atoms with van der Waals surface area (Å²) in [5, 5.41) is 10.6. The van der Waals surface area contributed by atoms with Crippen LogP contribution in [-0.2, 0) is 0 Å². The summed E-state index contributed by atoms with van der Waals surface area (Å²) in [6, 6.07) is 2.85. The number of aromatic nitrogens is 3. The van der Waals surface area contributed by atoms with Crippen LogP contribution in [0.1, 0.15) is 21.7 Å². The van der Waals surface area contributed by atoms with Gasteiger partial charge in [0.25, 0.3) is 5.91 Å². The molecule has 104 valence electrons. The Morgan fingerprint density at radius 3 is 2.50 bits per heavy atom. The number of nitrogens with one attached hydrogen (secondary N) is 1. The first-order chi connectivity index (χ1) is 9.38. The average Bonchev–Trinajstić information content (AvgIpc) is 2.39. The maximum Gasteiger partial charge on any atom is 0.258 e. The molecular formula is C12H11Cl2N5O. The third-order valence-corrected chi connectivity index (χ3v) is 3.45. The Kier molecular flexibility index (Phi) is 4.06. The van der Waals surface area contributed by atoms with E-state index in [1.807, 2.05) is 0 Å². The van der Waals surface area contributed by atoms with Gasteiger partial charge in [-0.3, -0.25) is 10.1 Å². The molecular weight excluding hydrogens is 301 g/mol. The topological polar surface area (TPSA) is 93.8 Å². The second kappa shape index (κ2) is 5.60. The molecule has 1 aromatic carbocycles. The summed E-state index contributed by atoms with van der Waals surface area (Å²) in [5.41, 5.74) is 7.53. The number of hydrogen-bond donors (Lipinski definition) is 2. The van der Waals surface area contributed by atoms with E-state index in [4.69, 9.17) is 28.9 Å². The van der Waals surface area contributed by atoms with E-state index in [2.05, 4.69) is 20.5 Å². The van der Waals surface area contributed by atoms with Gasteiger partial charge in [0.05, 0.1) is 27.1 Å². The summed E-state index contributed by atoms with van der Waals surface area (Å²) < 4.78 is 0. The van der Waals surface area contributed by atoms with Gasteiger partial charge in [-0.05, 0) is 26.0 Å². The highest BCUT2D eigenvalue weighted by Crippen LogP contribution is 2.29. The van der Waals surface area contributed by atoms with E-state index in [-0.39, 0.29) is 27.2 Å². The van der Waals surface area contributed by atoms with Crippen LogP contribution in [0.25, 0.3) is 0 Å². The number of aryl methyl sites for hydroxylation is 2. The van der Waals surface area contributed by atoms with E-state index >= 15 is 0 Å². The van der Waals surface area contributed by atoms with Crippen molar-refractivity contribution >= 4 is 40.7 Å². The first kappa shape index (κ1) is 14.5. The van der Waals surface area contributed by atoms with Crippen LogP contribution in [0.15, 0.2) is 12.1 Å². The monoisotopic (exact) mass is 311 g/mol. The number of nitrogens with zero attached hydrogens (tertiary/aromatic N) is 3. The lowest BCUT2D eigenvalue weighted by molar-refractivity contribution is 0.102. The molecule has 0 spiro atoms. The van der Waals surface area contributed by atoms with Crippen molar-refractivity contribution in [2.45, 2.75) is 13.8 Å². The average molecular weight is 312 g/mol. The summed E-state index contributed by atoms with van der Waals surface area (Å²) in [6.45, 7) is 3.55. The Morgan fingerprint density at radius 2 is 1.90 bits per heavy atom. The molecule has 0 saturated carbocycles. The van der Waals surface area contributed by atoms with E-state index in [0.29, 0.717) is 11.4 Å². The zero-order valence-corrected chi connectivity index (χ0v) is 12.2. The van der Waals surface area contributed by atoms with Crippen LogP contribution in [0, 0.1) is 13.8 Å². The highest BCUT2D eigenvalue weighted by Gasteiger charge is 2.13. The Labute approximate surface area is 125 Å². The maximum absolute atomic E-state index is 12.0. The zero-order chi connectivity index (χ0) is 14.9. The Hall–Kier alpha value is -1.92. The van der Waals surface area contributed by atoms with Crippen molar-refractivity contribution < 1.29 is 4.79 Å². The fraction of sp³-hybridized carbons (Fsp3) is 0.167. The fourth-order valence-electron chi connectivity index (χ4n) is 1.42. The molecule has 0 aliphatic heterocycles. The van der Waals surface area contributed by atoms with Crippen molar-refractivity contribution in [2.75, 3.05) is 11.1 Å². The van der Waals surface area contributed by atoms with Crippen LogP contribution in [0.4, 0.5) is 11.6 Å². The van der Waals surface area contributed by atoms with Gasteiger partial charge in [0.2, 0.25) is 5.95 Å². The lowest BCUT2D eigenvalue weighted by Crippen LogP contribution is -2.16. The van der Waals surface area contributed by atoms with Crippen molar-refractivity contribution in [3.63, 3.8) is 0 Å². The molecule has 8 heteroatoms. The smallest absolute Gasteiger partial charge is 0.258 e. The van der Waals surface area contributed by atoms with Crippen LogP contribution in [0.5, 0.6) is 0 Å². The molecule has 0 bridgehead atoms. The van der Waals surface area contributed by atoms with Crippen molar-refractivity contribution in [1.82, 2.24) is 15.2 Å². The van der Waals surface area contributed by atoms with Crippen molar-refractivity contribution in [1.29, 1.82) is 0 Å². The Morgan fingerprint density at radius 1 is 1.20 bits per heavy atom. The molecule has 0 radical (unpaired) electrons. The van der Waals surface area contributed by atoms with Gasteiger partial charge in [0.15, 0.2) is 0 Å². The van der Waals surface area contributed by atoms with Gasteiger partial charge in [0.1, 0.15) is 0 Å². The van der Waals surface area contributed by atoms with Gasteiger partial charge in [-0.1, -0.05) is 23.2 Å². The molecule has 1 heterocycles. The lowest BCUT2D eigenvalue weighted by Gasteiger charge is -2.07. The van der Waals surface area contributed by atoms with Gasteiger partial charge in [0, 0.05) is 5.56 Å². The van der Waals surface area contributed by atoms with E-state index in [1.54, 1.807) is 13.8 Å². The van der Waals surface area contributed by atoms with Gasteiger partial charge in [-0.25, -0.2) is 4.98 Å². The predicted octanol–water partition coefficient (Wildman–Crippen LogP) is 2.63. The number of hydrogen-bond acceptors (Lipinski definition) is 5.